The molecule has 0 radical (unpaired) electrons. The van der Waals surface area contributed by atoms with E-state index in [0.717, 1.165) is 11.3 Å². The lowest BCUT2D eigenvalue weighted by atomic mass is 10.2. The Morgan fingerprint density at radius 3 is 2.39 bits per heavy atom. The molecule has 98 valence electrons. The number of carbonyl (C=O) groups excluding carboxylic acids is 1. The van der Waals surface area contributed by atoms with Gasteiger partial charge in [-0.1, -0.05) is 12.1 Å². The minimum Gasteiger partial charge on any atom is -0.497 e. The lowest BCUT2D eigenvalue weighted by molar-refractivity contribution is -0.129. The van der Waals surface area contributed by atoms with E-state index in [4.69, 9.17) is 9.84 Å². The molecule has 0 aliphatic carbocycles. The van der Waals surface area contributed by atoms with Crippen LogP contribution >= 0.6 is 0 Å². The van der Waals surface area contributed by atoms with E-state index in [1.54, 1.807) is 19.2 Å². The molecule has 1 aromatic carbocycles. The molecule has 1 aromatic rings. The zero-order chi connectivity index (χ0) is 13.5. The van der Waals surface area contributed by atoms with Crippen LogP contribution in [-0.4, -0.2) is 35.8 Å². The normalized spacial score (nSPS) is 9.67. The summed E-state index contributed by atoms with van der Waals surface area (Å²) in [6.45, 7) is 1.71. The topological polar surface area (TPSA) is 78.9 Å². The van der Waals surface area contributed by atoms with E-state index in [1.807, 2.05) is 12.1 Å². The fourth-order valence-electron chi connectivity index (χ4n) is 1.39. The van der Waals surface area contributed by atoms with Gasteiger partial charge >= 0.3 is 6.09 Å². The van der Waals surface area contributed by atoms with E-state index in [-0.39, 0.29) is 12.6 Å². The van der Waals surface area contributed by atoms with E-state index >= 15 is 0 Å². The van der Waals surface area contributed by atoms with Gasteiger partial charge in [0.05, 0.1) is 13.8 Å². The summed E-state index contributed by atoms with van der Waals surface area (Å²) < 4.78 is 5.03. The summed E-state index contributed by atoms with van der Waals surface area (Å²) in [7, 11) is 1.58. The molecule has 0 aromatic heterocycles. The Bertz CT molecular complexity index is 417. The van der Waals surface area contributed by atoms with Crippen LogP contribution in [0.2, 0.25) is 0 Å². The fraction of sp³-hybridized carbons (Fsp3) is 0.333. The maximum Gasteiger partial charge on any atom is 0.406 e. The summed E-state index contributed by atoms with van der Waals surface area (Å²) in [5.74, 6) is 0.538. The number of carboxylic acid groups (broad SMARTS) is 1. The molecule has 6 heteroatoms. The van der Waals surface area contributed by atoms with Gasteiger partial charge in [-0.05, 0) is 17.7 Å². The summed E-state index contributed by atoms with van der Waals surface area (Å²) >= 11 is 0. The molecule has 0 aliphatic rings. The number of amides is 2. The average molecular weight is 252 g/mol. The van der Waals surface area contributed by atoms with Crippen molar-refractivity contribution in [3.8, 4) is 5.75 Å². The van der Waals surface area contributed by atoms with Crippen LogP contribution in [0.4, 0.5) is 4.79 Å². The van der Waals surface area contributed by atoms with Crippen molar-refractivity contribution in [2.75, 3.05) is 13.8 Å². The molecule has 0 spiro atoms. The quantitative estimate of drug-likeness (QED) is 0.773. The van der Waals surface area contributed by atoms with Crippen LogP contribution in [0.1, 0.15) is 12.5 Å². The molecule has 2 N–H and O–H groups in total. The summed E-state index contributed by atoms with van der Waals surface area (Å²) in [6.07, 6.45) is -1.16. The third-order valence-electron chi connectivity index (χ3n) is 2.40. The number of hydrogen-bond acceptors (Lipinski definition) is 3. The molecule has 2 amide bonds. The molecule has 0 unspecified atom stereocenters. The van der Waals surface area contributed by atoms with Crippen molar-refractivity contribution in [3.63, 3.8) is 0 Å². The first-order valence-corrected chi connectivity index (χ1v) is 5.38. The highest BCUT2D eigenvalue weighted by molar-refractivity contribution is 5.74. The largest absolute Gasteiger partial charge is 0.497 e. The molecule has 1 rings (SSSR count). The van der Waals surface area contributed by atoms with Crippen molar-refractivity contribution in [3.05, 3.63) is 29.8 Å². The van der Waals surface area contributed by atoms with Crippen LogP contribution < -0.4 is 10.1 Å². The minimum absolute atomic E-state index is 0.0311. The molecule has 0 saturated carbocycles. The van der Waals surface area contributed by atoms with E-state index in [1.165, 1.54) is 11.8 Å². The lowest BCUT2D eigenvalue weighted by Gasteiger charge is -2.20. The molecule has 0 saturated heterocycles. The van der Waals surface area contributed by atoms with Crippen LogP contribution in [-0.2, 0) is 11.3 Å². The Balaban J connectivity index is 2.64. The minimum atomic E-state index is -1.16. The van der Waals surface area contributed by atoms with Crippen LogP contribution in [0, 0.1) is 0 Å². The van der Waals surface area contributed by atoms with E-state index < -0.39 is 6.09 Å². The zero-order valence-electron chi connectivity index (χ0n) is 10.3. The number of hydrogen-bond donors (Lipinski definition) is 2. The first-order chi connectivity index (χ1) is 8.52. The molecule has 18 heavy (non-hydrogen) atoms. The second-order valence-corrected chi connectivity index (χ2v) is 3.71. The molecule has 0 fully saturated rings. The maximum atomic E-state index is 11.4. The molecule has 0 atom stereocenters. The van der Waals surface area contributed by atoms with Crippen molar-refractivity contribution in [2.24, 2.45) is 0 Å². The van der Waals surface area contributed by atoms with Gasteiger partial charge in [-0.25, -0.2) is 4.79 Å². The number of rotatable bonds is 5. The number of methoxy groups -OCH3 is 1. The Morgan fingerprint density at radius 1 is 1.33 bits per heavy atom. The van der Waals surface area contributed by atoms with Crippen LogP contribution in [0.25, 0.3) is 0 Å². The van der Waals surface area contributed by atoms with Gasteiger partial charge in [-0.15, -0.1) is 0 Å². The molecule has 0 heterocycles. The average Bonchev–Trinajstić information content (AvgIpc) is 2.34. The maximum absolute atomic E-state index is 11.4. The number of carbonyl (C=O) groups is 2. The van der Waals surface area contributed by atoms with Gasteiger partial charge in [-0.2, -0.15) is 0 Å². The number of nitrogens with one attached hydrogen (secondary N) is 1. The van der Waals surface area contributed by atoms with Crippen molar-refractivity contribution in [2.45, 2.75) is 13.5 Å². The van der Waals surface area contributed by atoms with Crippen molar-refractivity contribution >= 4 is 12.0 Å². The van der Waals surface area contributed by atoms with Crippen LogP contribution in [0.15, 0.2) is 24.3 Å². The zero-order valence-corrected chi connectivity index (χ0v) is 10.3. The molecular weight excluding hydrogens is 236 g/mol. The Labute approximate surface area is 105 Å². The third-order valence-corrected chi connectivity index (χ3v) is 2.40. The van der Waals surface area contributed by atoms with Gasteiger partial charge in [0.15, 0.2) is 0 Å². The van der Waals surface area contributed by atoms with Crippen molar-refractivity contribution in [1.29, 1.82) is 0 Å². The van der Waals surface area contributed by atoms with Crippen molar-refractivity contribution in [1.82, 2.24) is 10.2 Å². The molecule has 0 bridgehead atoms. The first-order valence-electron chi connectivity index (χ1n) is 5.38. The number of ether oxygens (including phenoxy) is 1. The van der Waals surface area contributed by atoms with Crippen LogP contribution in [0.3, 0.4) is 0 Å². The highest BCUT2D eigenvalue weighted by Gasteiger charge is 2.10. The van der Waals surface area contributed by atoms with Gasteiger partial charge in [-0.3, -0.25) is 4.79 Å². The fourth-order valence-corrected chi connectivity index (χ4v) is 1.39. The smallest absolute Gasteiger partial charge is 0.406 e. The molecule has 0 aliphatic heterocycles. The number of benzene rings is 1. The van der Waals surface area contributed by atoms with E-state index in [0.29, 0.717) is 6.54 Å². The summed E-state index contributed by atoms with van der Waals surface area (Å²) in [5, 5.41) is 10.7. The highest BCUT2D eigenvalue weighted by Crippen LogP contribution is 2.12. The monoisotopic (exact) mass is 252 g/mol. The molecular formula is C12H16N2O4. The Morgan fingerprint density at radius 2 is 1.94 bits per heavy atom. The second-order valence-electron chi connectivity index (χ2n) is 3.71. The van der Waals surface area contributed by atoms with Gasteiger partial charge in [0, 0.05) is 13.5 Å². The molecule has 6 nitrogen and oxygen atoms in total. The predicted octanol–water partition coefficient (Wildman–Crippen LogP) is 1.27. The first kappa shape index (κ1) is 13.8. The SMILES string of the molecule is COc1ccc(CN(CNC(=O)O)C(C)=O)cc1. The van der Waals surface area contributed by atoms with Gasteiger partial charge in [0.25, 0.3) is 0 Å². The van der Waals surface area contributed by atoms with Gasteiger partial charge in [0.2, 0.25) is 5.91 Å². The summed E-state index contributed by atoms with van der Waals surface area (Å²) in [4.78, 5) is 23.1. The predicted molar refractivity (Wildman–Crippen MR) is 65.2 cm³/mol. The van der Waals surface area contributed by atoms with Crippen molar-refractivity contribution < 1.29 is 19.4 Å². The van der Waals surface area contributed by atoms with Crippen LogP contribution in [0.5, 0.6) is 5.75 Å². The third kappa shape index (κ3) is 4.32. The van der Waals surface area contributed by atoms with E-state index in [9.17, 15) is 9.59 Å². The summed E-state index contributed by atoms with van der Waals surface area (Å²) in [6, 6.07) is 7.24. The standard InChI is InChI=1S/C12H16N2O4/c1-9(15)14(8-13-12(16)17)7-10-3-5-11(18-2)6-4-10/h3-6,13H,7-8H2,1-2H3,(H,16,17). The number of nitrogens with zero attached hydrogens (tertiary/aromatic N) is 1. The van der Waals surface area contributed by atoms with Gasteiger partial charge < -0.3 is 20.1 Å². The second kappa shape index (κ2) is 6.48. The Hall–Kier alpha value is -2.24. The Kier molecular flexibility index (Phi) is 4.98. The van der Waals surface area contributed by atoms with Gasteiger partial charge in [0.1, 0.15) is 5.75 Å². The summed E-state index contributed by atoms with van der Waals surface area (Å²) in [5.41, 5.74) is 0.901. The lowest BCUT2D eigenvalue weighted by Crippen LogP contribution is -2.39. The highest BCUT2D eigenvalue weighted by atomic mass is 16.5. The van der Waals surface area contributed by atoms with E-state index in [2.05, 4.69) is 5.32 Å².